The molecule has 0 fully saturated rings. The van der Waals surface area contributed by atoms with Crippen molar-refractivity contribution in [2.45, 2.75) is 20.0 Å². The van der Waals surface area contributed by atoms with Crippen LogP contribution in [0.2, 0.25) is 5.02 Å². The number of amides is 2. The average molecular weight is 541 g/mol. The molecule has 0 unspecified atom stereocenters. The lowest BCUT2D eigenvalue weighted by molar-refractivity contribution is -0.394. The van der Waals surface area contributed by atoms with E-state index in [-0.39, 0.29) is 22.8 Å². The highest BCUT2D eigenvalue weighted by Gasteiger charge is 2.37. The Hall–Kier alpha value is -4.53. The Bertz CT molecular complexity index is 1440. The van der Waals surface area contributed by atoms with Crippen molar-refractivity contribution in [2.24, 2.45) is 0 Å². The van der Waals surface area contributed by atoms with Crippen LogP contribution >= 0.6 is 11.6 Å². The Morgan fingerprint density at radius 1 is 1.08 bits per heavy atom. The van der Waals surface area contributed by atoms with Crippen LogP contribution in [0.5, 0.6) is 0 Å². The zero-order valence-corrected chi connectivity index (χ0v) is 19.7. The van der Waals surface area contributed by atoms with Crippen molar-refractivity contribution >= 4 is 40.5 Å². The molecule has 0 bridgehead atoms. The van der Waals surface area contributed by atoms with Crippen LogP contribution in [0.4, 0.5) is 30.2 Å². The van der Waals surface area contributed by atoms with Crippen molar-refractivity contribution in [2.75, 3.05) is 11.9 Å². The summed E-state index contributed by atoms with van der Waals surface area (Å²) >= 11 is 6.02. The molecule has 2 aromatic carbocycles. The van der Waals surface area contributed by atoms with Gasteiger partial charge in [-0.1, -0.05) is 11.6 Å². The van der Waals surface area contributed by atoms with Crippen LogP contribution < -0.4 is 10.6 Å². The third-order valence-corrected chi connectivity index (χ3v) is 5.17. The summed E-state index contributed by atoms with van der Waals surface area (Å²) in [5.41, 5.74) is -4.50. The molecule has 0 aliphatic carbocycles. The van der Waals surface area contributed by atoms with Crippen molar-refractivity contribution < 1.29 is 32.6 Å². The van der Waals surface area contributed by atoms with Gasteiger partial charge in [0.1, 0.15) is 11.4 Å². The molecule has 1 aromatic heterocycles. The maximum atomic E-state index is 13.5. The van der Waals surface area contributed by atoms with Gasteiger partial charge in [0.05, 0.1) is 27.2 Å². The topological polar surface area (TPSA) is 162 Å². The molecule has 3 rings (SSSR count). The van der Waals surface area contributed by atoms with Gasteiger partial charge < -0.3 is 10.6 Å². The highest BCUT2D eigenvalue weighted by Crippen LogP contribution is 2.34. The van der Waals surface area contributed by atoms with Gasteiger partial charge in [0, 0.05) is 23.7 Å². The molecule has 0 radical (unpaired) electrons. The van der Waals surface area contributed by atoms with Crippen LogP contribution in [0.1, 0.15) is 39.0 Å². The van der Waals surface area contributed by atoms with Crippen LogP contribution in [-0.4, -0.2) is 38.0 Å². The van der Waals surface area contributed by atoms with Gasteiger partial charge in [-0.05, 0) is 37.6 Å². The summed E-state index contributed by atoms with van der Waals surface area (Å²) in [6, 6.07) is 5.15. The summed E-state index contributed by atoms with van der Waals surface area (Å²) in [5, 5.41) is 30.9. The smallest absolute Gasteiger partial charge is 0.352 e. The van der Waals surface area contributed by atoms with Gasteiger partial charge in [-0.25, -0.2) is 4.68 Å². The lowest BCUT2D eigenvalue weighted by Gasteiger charge is -2.15. The number of nitro benzene ring substituents is 2. The molecule has 2 amide bonds. The van der Waals surface area contributed by atoms with E-state index in [1.165, 1.54) is 19.1 Å². The molecule has 3 aromatic rings. The second kappa shape index (κ2) is 10.2. The van der Waals surface area contributed by atoms with E-state index in [2.05, 4.69) is 15.7 Å². The van der Waals surface area contributed by atoms with E-state index in [1.54, 1.807) is 6.92 Å². The van der Waals surface area contributed by atoms with Crippen LogP contribution in [0.25, 0.3) is 5.69 Å². The third-order valence-electron chi connectivity index (χ3n) is 4.95. The van der Waals surface area contributed by atoms with Gasteiger partial charge in [-0.2, -0.15) is 18.3 Å². The fourth-order valence-electron chi connectivity index (χ4n) is 3.34. The first-order valence-electron chi connectivity index (χ1n) is 10.2. The number of non-ortho nitro benzene ring substituents is 1. The van der Waals surface area contributed by atoms with Gasteiger partial charge in [0.25, 0.3) is 17.5 Å². The maximum Gasteiger partial charge on any atom is 0.435 e. The molecule has 0 atom stereocenters. The van der Waals surface area contributed by atoms with Gasteiger partial charge in [0.15, 0.2) is 5.69 Å². The fourth-order valence-corrected chi connectivity index (χ4v) is 3.61. The van der Waals surface area contributed by atoms with Gasteiger partial charge in [0.2, 0.25) is 0 Å². The van der Waals surface area contributed by atoms with Gasteiger partial charge in [-0.3, -0.25) is 29.8 Å². The number of hydrogen-bond donors (Lipinski definition) is 2. The summed E-state index contributed by atoms with van der Waals surface area (Å²) < 4.78 is 40.8. The predicted octanol–water partition coefficient (Wildman–Crippen LogP) is 4.67. The normalized spacial score (nSPS) is 11.2. The number of alkyl halides is 3. The number of benzene rings is 2. The van der Waals surface area contributed by atoms with Crippen LogP contribution in [0, 0.1) is 27.2 Å². The first-order chi connectivity index (χ1) is 17.2. The first-order valence-corrected chi connectivity index (χ1v) is 10.6. The summed E-state index contributed by atoms with van der Waals surface area (Å²) in [5.74, 6) is -1.83. The third kappa shape index (κ3) is 5.66. The number of carbonyl (C=O) groups excluding carboxylic acids is 2. The molecule has 194 valence electrons. The van der Waals surface area contributed by atoms with Crippen LogP contribution in [0.3, 0.4) is 0 Å². The maximum absolute atomic E-state index is 13.5. The lowest BCUT2D eigenvalue weighted by Crippen LogP contribution is -2.26. The highest BCUT2D eigenvalue weighted by atomic mass is 35.5. The second-order valence-electron chi connectivity index (χ2n) is 7.47. The van der Waals surface area contributed by atoms with Crippen LogP contribution in [-0.2, 0) is 6.18 Å². The van der Waals surface area contributed by atoms with Crippen molar-refractivity contribution in [1.82, 2.24) is 15.1 Å². The van der Waals surface area contributed by atoms with E-state index in [9.17, 15) is 43.0 Å². The molecule has 0 saturated heterocycles. The van der Waals surface area contributed by atoms with Crippen molar-refractivity contribution in [3.05, 3.63) is 84.2 Å². The zero-order chi connectivity index (χ0) is 27.7. The largest absolute Gasteiger partial charge is 0.435 e. The Balaban J connectivity index is 2.20. The molecule has 2 N–H and O–H groups in total. The minimum absolute atomic E-state index is 0.0696. The minimum atomic E-state index is -5.04. The van der Waals surface area contributed by atoms with Crippen molar-refractivity contribution in [3.8, 4) is 5.69 Å². The van der Waals surface area contributed by atoms with E-state index in [0.29, 0.717) is 22.4 Å². The Kier molecular flexibility index (Phi) is 7.48. The number of nitrogens with one attached hydrogen (secondary N) is 2. The van der Waals surface area contributed by atoms with E-state index >= 15 is 0 Å². The number of anilines is 1. The van der Waals surface area contributed by atoms with E-state index < -0.39 is 56.3 Å². The zero-order valence-electron chi connectivity index (χ0n) is 18.9. The molecular weight excluding hydrogens is 525 g/mol. The molecule has 12 nitrogen and oxygen atoms in total. The standard InChI is InChI=1S/C21H16ClF3N6O6/c1-3-26-19(32)13-7-11(22)6-10(2)18(13)27-20(33)16-9-17(21(23,24)25)28-29(16)14-5-4-12(30(34)35)8-15(14)31(36)37/h4-9H,3H2,1-2H3,(H,26,32)(H,27,33). The molecule has 1 heterocycles. The summed E-state index contributed by atoms with van der Waals surface area (Å²) in [6.07, 6.45) is -5.04. The Labute approximate surface area is 210 Å². The SMILES string of the molecule is CCNC(=O)c1cc(Cl)cc(C)c1NC(=O)c1cc(C(F)(F)F)nn1-c1ccc([N+](=O)[O-])cc1[N+](=O)[O-]. The number of carbonyl (C=O) groups is 2. The van der Waals surface area contributed by atoms with Crippen molar-refractivity contribution in [1.29, 1.82) is 0 Å². The number of nitro groups is 2. The van der Waals surface area contributed by atoms with E-state index in [4.69, 9.17) is 11.6 Å². The minimum Gasteiger partial charge on any atom is -0.352 e. The molecule has 16 heteroatoms. The number of aryl methyl sites for hydroxylation is 1. The first kappa shape index (κ1) is 27.1. The van der Waals surface area contributed by atoms with Gasteiger partial charge >= 0.3 is 11.9 Å². The lowest BCUT2D eigenvalue weighted by atomic mass is 10.1. The van der Waals surface area contributed by atoms with E-state index in [1.807, 2.05) is 0 Å². The predicted molar refractivity (Wildman–Crippen MR) is 124 cm³/mol. The molecule has 0 aliphatic rings. The summed E-state index contributed by atoms with van der Waals surface area (Å²) in [4.78, 5) is 46.3. The number of aromatic nitrogens is 2. The number of halogens is 4. The number of rotatable bonds is 7. The van der Waals surface area contributed by atoms with E-state index in [0.717, 1.165) is 12.1 Å². The summed E-state index contributed by atoms with van der Waals surface area (Å²) in [7, 11) is 0. The molecule has 0 spiro atoms. The average Bonchev–Trinajstić information content (AvgIpc) is 3.26. The molecule has 0 aliphatic heterocycles. The Morgan fingerprint density at radius 2 is 1.76 bits per heavy atom. The fraction of sp³-hybridized carbons (Fsp3) is 0.190. The summed E-state index contributed by atoms with van der Waals surface area (Å²) in [6.45, 7) is 3.36. The Morgan fingerprint density at radius 3 is 2.32 bits per heavy atom. The number of hydrogen-bond acceptors (Lipinski definition) is 7. The monoisotopic (exact) mass is 540 g/mol. The molecule has 37 heavy (non-hydrogen) atoms. The number of nitrogens with zero attached hydrogens (tertiary/aromatic N) is 4. The highest BCUT2D eigenvalue weighted by molar-refractivity contribution is 6.31. The second-order valence-corrected chi connectivity index (χ2v) is 7.91. The molecule has 0 saturated carbocycles. The van der Waals surface area contributed by atoms with Gasteiger partial charge in [-0.15, -0.1) is 0 Å². The van der Waals surface area contributed by atoms with Crippen molar-refractivity contribution in [3.63, 3.8) is 0 Å². The molecular formula is C21H16ClF3N6O6. The quantitative estimate of drug-likeness (QED) is 0.325. The van der Waals surface area contributed by atoms with Crippen LogP contribution in [0.15, 0.2) is 36.4 Å².